The van der Waals surface area contributed by atoms with Crippen molar-refractivity contribution in [2.24, 2.45) is 5.92 Å². The van der Waals surface area contributed by atoms with Crippen molar-refractivity contribution in [3.05, 3.63) is 35.4 Å². The third-order valence-corrected chi connectivity index (χ3v) is 3.89. The van der Waals surface area contributed by atoms with Crippen LogP contribution in [0.5, 0.6) is 0 Å². The number of rotatable bonds is 0. The summed E-state index contributed by atoms with van der Waals surface area (Å²) in [5.41, 5.74) is 1.01. The van der Waals surface area contributed by atoms with Gasteiger partial charge < -0.3 is 0 Å². The number of hydrogen-bond acceptors (Lipinski definition) is 2. The Morgan fingerprint density at radius 1 is 0.947 bits per heavy atom. The first-order valence-electron chi connectivity index (χ1n) is 7.02. The fourth-order valence-corrected chi connectivity index (χ4v) is 2.62. The minimum atomic E-state index is -0.212. The summed E-state index contributed by atoms with van der Waals surface area (Å²) in [6.07, 6.45) is 7.44. The fourth-order valence-electron chi connectivity index (χ4n) is 2.62. The van der Waals surface area contributed by atoms with Gasteiger partial charge >= 0.3 is 0 Å². The van der Waals surface area contributed by atoms with Crippen molar-refractivity contribution in [2.75, 3.05) is 7.05 Å². The van der Waals surface area contributed by atoms with Crippen LogP contribution in [-0.2, 0) is 0 Å². The van der Waals surface area contributed by atoms with Crippen molar-refractivity contribution in [3.8, 4) is 0 Å². The summed E-state index contributed by atoms with van der Waals surface area (Å²) in [6.45, 7) is 2.36. The van der Waals surface area contributed by atoms with E-state index in [1.807, 2.05) is 0 Å². The van der Waals surface area contributed by atoms with E-state index in [1.165, 1.54) is 39.2 Å². The molecule has 1 aliphatic heterocycles. The van der Waals surface area contributed by atoms with E-state index in [2.05, 4.69) is 6.92 Å². The molecule has 3 rings (SSSR count). The number of benzene rings is 1. The molecule has 3 nitrogen and oxygen atoms in total. The summed E-state index contributed by atoms with van der Waals surface area (Å²) < 4.78 is 0. The number of carbonyl (C=O) groups is 2. The molecule has 0 N–H and O–H groups in total. The van der Waals surface area contributed by atoms with E-state index in [0.717, 1.165) is 10.8 Å². The van der Waals surface area contributed by atoms with Gasteiger partial charge in [-0.3, -0.25) is 14.5 Å². The predicted molar refractivity (Wildman–Crippen MR) is 75.1 cm³/mol. The molecular weight excluding hydrogens is 238 g/mol. The monoisotopic (exact) mass is 259 g/mol. The zero-order valence-electron chi connectivity index (χ0n) is 11.7. The van der Waals surface area contributed by atoms with Gasteiger partial charge in [-0.1, -0.05) is 51.2 Å². The number of carbonyl (C=O) groups excluding carboxylic acids is 2. The van der Waals surface area contributed by atoms with Gasteiger partial charge in [0.25, 0.3) is 11.8 Å². The number of fused-ring (bicyclic) bond motifs is 1. The van der Waals surface area contributed by atoms with Crippen molar-refractivity contribution in [1.29, 1.82) is 0 Å². The van der Waals surface area contributed by atoms with E-state index in [9.17, 15) is 9.59 Å². The molecule has 1 aliphatic carbocycles. The molecule has 0 aromatic heterocycles. The SMILES string of the molecule is CC1CCCCC1.CN1C(=O)c2ccccc2C1=O. The van der Waals surface area contributed by atoms with Gasteiger partial charge in [-0.2, -0.15) is 0 Å². The minimum absolute atomic E-state index is 0.212. The molecule has 0 radical (unpaired) electrons. The second-order valence-corrected chi connectivity index (χ2v) is 5.46. The van der Waals surface area contributed by atoms with Crippen LogP contribution in [0.1, 0.15) is 59.7 Å². The number of imide groups is 1. The van der Waals surface area contributed by atoms with E-state index in [4.69, 9.17) is 0 Å². The van der Waals surface area contributed by atoms with Gasteiger partial charge in [0.2, 0.25) is 0 Å². The fraction of sp³-hybridized carbons (Fsp3) is 0.500. The lowest BCUT2D eigenvalue weighted by molar-refractivity contribution is 0.0693. The topological polar surface area (TPSA) is 37.4 Å². The largest absolute Gasteiger partial charge is 0.277 e. The molecule has 1 saturated carbocycles. The third kappa shape index (κ3) is 3.03. The lowest BCUT2D eigenvalue weighted by atomic mass is 9.91. The summed E-state index contributed by atoms with van der Waals surface area (Å²) >= 11 is 0. The molecule has 2 amide bonds. The van der Waals surface area contributed by atoms with Crippen LogP contribution in [0.15, 0.2) is 24.3 Å². The maximum Gasteiger partial charge on any atom is 0.261 e. The van der Waals surface area contributed by atoms with E-state index >= 15 is 0 Å². The van der Waals surface area contributed by atoms with Gasteiger partial charge in [0, 0.05) is 7.05 Å². The molecule has 1 heterocycles. The molecule has 0 spiro atoms. The molecule has 1 aromatic rings. The quantitative estimate of drug-likeness (QED) is 0.669. The summed E-state index contributed by atoms with van der Waals surface area (Å²) in [4.78, 5) is 23.8. The van der Waals surface area contributed by atoms with E-state index < -0.39 is 0 Å². The van der Waals surface area contributed by atoms with E-state index in [-0.39, 0.29) is 11.8 Å². The van der Waals surface area contributed by atoms with Crippen molar-refractivity contribution < 1.29 is 9.59 Å². The smallest absolute Gasteiger partial charge is 0.261 e. The van der Waals surface area contributed by atoms with Crippen LogP contribution in [0.3, 0.4) is 0 Å². The van der Waals surface area contributed by atoms with Crippen LogP contribution in [0, 0.1) is 5.92 Å². The normalized spacial score (nSPS) is 18.9. The molecule has 19 heavy (non-hydrogen) atoms. The Labute approximate surface area is 114 Å². The maximum absolute atomic E-state index is 11.3. The predicted octanol–water partition coefficient (Wildman–Crippen LogP) is 3.50. The van der Waals surface area contributed by atoms with Crippen LogP contribution in [0.25, 0.3) is 0 Å². The molecule has 0 bridgehead atoms. The van der Waals surface area contributed by atoms with Crippen molar-refractivity contribution in [2.45, 2.75) is 39.0 Å². The Kier molecular flexibility index (Phi) is 4.35. The van der Waals surface area contributed by atoms with Crippen molar-refractivity contribution >= 4 is 11.8 Å². The summed E-state index contributed by atoms with van der Waals surface area (Å²) in [5, 5.41) is 0. The van der Waals surface area contributed by atoms with Crippen LogP contribution in [-0.4, -0.2) is 23.8 Å². The van der Waals surface area contributed by atoms with Crippen LogP contribution in [0.4, 0.5) is 0 Å². The highest BCUT2D eigenvalue weighted by molar-refractivity contribution is 6.21. The molecular formula is C16H21NO2. The molecule has 0 atom stereocenters. The summed E-state index contributed by atoms with van der Waals surface area (Å²) in [7, 11) is 1.49. The highest BCUT2D eigenvalue weighted by Crippen LogP contribution is 2.22. The lowest BCUT2D eigenvalue weighted by Crippen LogP contribution is -2.24. The Hall–Kier alpha value is -1.64. The lowest BCUT2D eigenvalue weighted by Gasteiger charge is -2.15. The summed E-state index contributed by atoms with van der Waals surface area (Å²) in [6, 6.07) is 6.84. The van der Waals surface area contributed by atoms with Crippen LogP contribution in [0.2, 0.25) is 0 Å². The Morgan fingerprint density at radius 3 is 1.79 bits per heavy atom. The molecule has 0 saturated heterocycles. The van der Waals surface area contributed by atoms with Crippen molar-refractivity contribution in [1.82, 2.24) is 4.90 Å². The molecule has 1 fully saturated rings. The Morgan fingerprint density at radius 2 is 1.42 bits per heavy atom. The zero-order chi connectivity index (χ0) is 13.8. The highest BCUT2D eigenvalue weighted by Gasteiger charge is 2.31. The van der Waals surface area contributed by atoms with E-state index in [0.29, 0.717) is 11.1 Å². The van der Waals surface area contributed by atoms with Gasteiger partial charge in [0.05, 0.1) is 11.1 Å². The molecule has 102 valence electrons. The Bertz CT molecular complexity index is 440. The van der Waals surface area contributed by atoms with E-state index in [1.54, 1.807) is 24.3 Å². The van der Waals surface area contributed by atoms with Gasteiger partial charge in [-0.15, -0.1) is 0 Å². The average molecular weight is 259 g/mol. The van der Waals surface area contributed by atoms with Gasteiger partial charge in [-0.05, 0) is 18.1 Å². The first kappa shape index (κ1) is 13.8. The standard InChI is InChI=1S/C9H7NO2.C7H14/c1-10-8(11)6-4-2-3-5-7(6)9(10)12;1-7-5-3-2-4-6-7/h2-5H,1H3;7H,2-6H2,1H3. The third-order valence-electron chi connectivity index (χ3n) is 3.89. The number of hydrogen-bond donors (Lipinski definition) is 0. The maximum atomic E-state index is 11.3. The van der Waals surface area contributed by atoms with Gasteiger partial charge in [0.15, 0.2) is 0 Å². The van der Waals surface area contributed by atoms with Crippen LogP contribution < -0.4 is 0 Å². The molecule has 2 aliphatic rings. The second-order valence-electron chi connectivity index (χ2n) is 5.46. The second kappa shape index (κ2) is 6.00. The van der Waals surface area contributed by atoms with Crippen LogP contribution >= 0.6 is 0 Å². The number of amides is 2. The highest BCUT2D eigenvalue weighted by atomic mass is 16.2. The first-order valence-corrected chi connectivity index (χ1v) is 7.02. The molecule has 3 heteroatoms. The molecule has 1 aromatic carbocycles. The average Bonchev–Trinajstić information content (AvgIpc) is 2.66. The number of nitrogens with zero attached hydrogens (tertiary/aromatic N) is 1. The molecule has 0 unspecified atom stereocenters. The Balaban J connectivity index is 0.000000163. The van der Waals surface area contributed by atoms with Crippen molar-refractivity contribution in [3.63, 3.8) is 0 Å². The summed E-state index contributed by atoms with van der Waals surface area (Å²) in [5.74, 6) is 0.611. The van der Waals surface area contributed by atoms with Gasteiger partial charge in [-0.25, -0.2) is 0 Å². The zero-order valence-corrected chi connectivity index (χ0v) is 11.7. The first-order chi connectivity index (χ1) is 9.11. The minimum Gasteiger partial charge on any atom is -0.277 e. The van der Waals surface area contributed by atoms with Gasteiger partial charge in [0.1, 0.15) is 0 Å².